The van der Waals surface area contributed by atoms with Crippen LogP contribution in [0.3, 0.4) is 0 Å². The molecule has 260 valence electrons. The second-order valence-corrected chi connectivity index (χ2v) is 16.2. The maximum Gasteiger partial charge on any atom is 0.333 e. The first-order valence-corrected chi connectivity index (χ1v) is 19.4. The number of fused-ring (bicyclic) bond motifs is 10. The van der Waals surface area contributed by atoms with Crippen molar-refractivity contribution in [2.75, 3.05) is 9.71 Å². The van der Waals surface area contributed by atoms with Crippen LogP contribution in [0.4, 0.5) is 28.4 Å². The lowest BCUT2D eigenvalue weighted by atomic mass is 9.42. The van der Waals surface area contributed by atoms with Gasteiger partial charge in [-0.2, -0.15) is 0 Å². The van der Waals surface area contributed by atoms with Crippen LogP contribution in [0.1, 0.15) is 36.1 Å². The molecule has 3 aliphatic rings. The molecule has 4 heterocycles. The molecule has 0 bridgehead atoms. The molecular formula is C51H37BN2O. The summed E-state index contributed by atoms with van der Waals surface area (Å²) >= 11 is 0. The number of para-hydroxylation sites is 3. The van der Waals surface area contributed by atoms with Crippen molar-refractivity contribution in [3.05, 3.63) is 174 Å². The van der Waals surface area contributed by atoms with Gasteiger partial charge in [0.1, 0.15) is 11.2 Å². The first-order chi connectivity index (χ1) is 26.9. The lowest BCUT2D eigenvalue weighted by Crippen LogP contribution is -2.62. The second kappa shape index (κ2) is 10.8. The highest BCUT2D eigenvalue weighted by Gasteiger charge is 2.50. The highest BCUT2D eigenvalue weighted by atomic mass is 16.3. The Hall–Kier alpha value is -6.52. The Morgan fingerprint density at radius 1 is 0.545 bits per heavy atom. The number of nitrogens with zero attached hydrogens (tertiary/aromatic N) is 2. The van der Waals surface area contributed by atoms with Crippen LogP contribution in [0.2, 0.25) is 0 Å². The van der Waals surface area contributed by atoms with Crippen LogP contribution in [-0.4, -0.2) is 6.85 Å². The molecule has 0 aliphatic carbocycles. The zero-order chi connectivity index (χ0) is 36.7. The number of furan rings is 1. The molecule has 0 unspecified atom stereocenters. The van der Waals surface area contributed by atoms with Crippen LogP contribution < -0.4 is 20.6 Å². The van der Waals surface area contributed by atoms with E-state index < -0.39 is 0 Å². The fourth-order valence-corrected chi connectivity index (χ4v) is 10.4. The standard InChI is InChI=1S/C51H37BN2O/c1-30-14-11-15-31(2)47(30)34-27-37-36-26-32-16-5-6-17-33(32)28-43(36)54(42-23-13-25-46-48(42)35-18-7-10-24-45(35)55-46)52-40-21-12-20-39-50(40)53(44(29-34)49(37)52)41-22-9-8-19-38(41)51(39,3)4/h5-29H,1-4H3. The molecule has 0 N–H and O–H groups in total. The Bertz CT molecular complexity index is 3110. The summed E-state index contributed by atoms with van der Waals surface area (Å²) in [5.74, 6) is 0. The van der Waals surface area contributed by atoms with Gasteiger partial charge in [0.2, 0.25) is 0 Å². The second-order valence-electron chi connectivity index (χ2n) is 16.2. The SMILES string of the molecule is Cc1cccc(C)c1-c1cc2c3c(c1)N1c4ccccc4C(C)(C)c4cccc(c41)B3N(c1cccc3oc4ccccc4c13)c1cc3ccccc3cc1-2. The summed E-state index contributed by atoms with van der Waals surface area (Å²) in [6.45, 7) is 9.19. The van der Waals surface area contributed by atoms with Gasteiger partial charge in [-0.3, -0.25) is 0 Å². The first kappa shape index (κ1) is 30.9. The van der Waals surface area contributed by atoms with E-state index in [0.717, 1.165) is 27.6 Å². The predicted octanol–water partition coefficient (Wildman–Crippen LogP) is 12.4. The number of hydrogen-bond donors (Lipinski definition) is 0. The number of anilines is 5. The number of benzene rings is 8. The number of rotatable bonds is 2. The zero-order valence-corrected chi connectivity index (χ0v) is 31.3. The quantitative estimate of drug-likeness (QED) is 0.167. The van der Waals surface area contributed by atoms with Gasteiger partial charge in [0.05, 0.1) is 11.1 Å². The molecule has 0 saturated carbocycles. The Labute approximate surface area is 321 Å². The molecule has 0 radical (unpaired) electrons. The smallest absolute Gasteiger partial charge is 0.333 e. The van der Waals surface area contributed by atoms with E-state index in [-0.39, 0.29) is 12.3 Å². The van der Waals surface area contributed by atoms with Gasteiger partial charge in [-0.1, -0.05) is 117 Å². The van der Waals surface area contributed by atoms with Gasteiger partial charge in [-0.25, -0.2) is 0 Å². The van der Waals surface area contributed by atoms with Crippen LogP contribution in [0, 0.1) is 13.8 Å². The normalized spacial score (nSPS) is 14.6. The van der Waals surface area contributed by atoms with E-state index in [4.69, 9.17) is 4.42 Å². The molecule has 0 fully saturated rings. The van der Waals surface area contributed by atoms with E-state index in [9.17, 15) is 0 Å². The van der Waals surface area contributed by atoms with E-state index in [0.29, 0.717) is 0 Å². The predicted molar refractivity (Wildman–Crippen MR) is 232 cm³/mol. The summed E-state index contributed by atoms with van der Waals surface area (Å²) in [6.07, 6.45) is 0. The largest absolute Gasteiger partial charge is 0.456 e. The van der Waals surface area contributed by atoms with Crippen LogP contribution in [0.15, 0.2) is 156 Å². The van der Waals surface area contributed by atoms with E-state index in [1.807, 2.05) is 0 Å². The van der Waals surface area contributed by atoms with Gasteiger partial charge in [0, 0.05) is 39.1 Å². The van der Waals surface area contributed by atoms with Crippen LogP contribution in [0.25, 0.3) is 55.0 Å². The molecule has 0 saturated heterocycles. The van der Waals surface area contributed by atoms with Gasteiger partial charge in [0.15, 0.2) is 0 Å². The summed E-state index contributed by atoms with van der Waals surface area (Å²) in [5, 5.41) is 4.75. The monoisotopic (exact) mass is 704 g/mol. The van der Waals surface area contributed by atoms with Crippen molar-refractivity contribution in [3.8, 4) is 22.3 Å². The first-order valence-electron chi connectivity index (χ1n) is 19.4. The summed E-state index contributed by atoms with van der Waals surface area (Å²) in [6, 6.07) is 56.5. The maximum absolute atomic E-state index is 6.57. The Kier molecular flexibility index (Phi) is 6.07. The fraction of sp³-hybridized carbons (Fsp3) is 0.0980. The third-order valence-corrected chi connectivity index (χ3v) is 12.8. The van der Waals surface area contributed by atoms with Crippen molar-refractivity contribution in [3.63, 3.8) is 0 Å². The molecule has 0 spiro atoms. The lowest BCUT2D eigenvalue weighted by molar-refractivity contribution is 0.632. The van der Waals surface area contributed by atoms with Crippen LogP contribution >= 0.6 is 0 Å². The zero-order valence-electron chi connectivity index (χ0n) is 31.3. The minimum Gasteiger partial charge on any atom is -0.456 e. The van der Waals surface area contributed by atoms with E-state index in [1.54, 1.807) is 0 Å². The van der Waals surface area contributed by atoms with Gasteiger partial charge in [-0.05, 0) is 123 Å². The van der Waals surface area contributed by atoms with Gasteiger partial charge < -0.3 is 14.1 Å². The van der Waals surface area contributed by atoms with Crippen molar-refractivity contribution in [1.82, 2.24) is 0 Å². The third-order valence-electron chi connectivity index (χ3n) is 12.8. The minimum atomic E-state index is -0.197. The van der Waals surface area contributed by atoms with Crippen molar-refractivity contribution in [2.24, 2.45) is 0 Å². The van der Waals surface area contributed by atoms with Crippen LogP contribution in [0.5, 0.6) is 0 Å². The molecule has 3 aliphatic heterocycles. The highest BCUT2D eigenvalue weighted by Crippen LogP contribution is 2.56. The van der Waals surface area contributed by atoms with Crippen molar-refractivity contribution in [2.45, 2.75) is 33.1 Å². The molecule has 55 heavy (non-hydrogen) atoms. The molecule has 8 aromatic carbocycles. The molecule has 3 nitrogen and oxygen atoms in total. The Morgan fingerprint density at radius 2 is 1.22 bits per heavy atom. The lowest BCUT2D eigenvalue weighted by Gasteiger charge is -2.50. The van der Waals surface area contributed by atoms with Crippen LogP contribution in [-0.2, 0) is 5.41 Å². The van der Waals surface area contributed by atoms with E-state index >= 15 is 0 Å². The van der Waals surface area contributed by atoms with Crippen molar-refractivity contribution < 1.29 is 4.42 Å². The van der Waals surface area contributed by atoms with Gasteiger partial charge in [-0.15, -0.1) is 0 Å². The summed E-state index contributed by atoms with van der Waals surface area (Å²) < 4.78 is 6.57. The average molecular weight is 705 g/mol. The molecule has 1 aromatic heterocycles. The van der Waals surface area contributed by atoms with Gasteiger partial charge in [0.25, 0.3) is 0 Å². The molecule has 0 atom stereocenters. The maximum atomic E-state index is 6.57. The molecule has 12 rings (SSSR count). The molecular weight excluding hydrogens is 667 g/mol. The molecule has 4 heteroatoms. The number of hydrogen-bond acceptors (Lipinski definition) is 3. The van der Waals surface area contributed by atoms with E-state index in [1.165, 1.54) is 89.0 Å². The average Bonchev–Trinajstić information content (AvgIpc) is 3.59. The highest BCUT2D eigenvalue weighted by molar-refractivity contribution is 6.94. The summed E-state index contributed by atoms with van der Waals surface area (Å²) in [5.41, 5.74) is 20.8. The molecule has 9 aromatic rings. The summed E-state index contributed by atoms with van der Waals surface area (Å²) in [4.78, 5) is 5.26. The minimum absolute atomic E-state index is 0.0998. The third kappa shape index (κ3) is 4.01. The topological polar surface area (TPSA) is 19.6 Å². The van der Waals surface area contributed by atoms with Crippen molar-refractivity contribution in [1.29, 1.82) is 0 Å². The number of aryl methyl sites for hydroxylation is 2. The Balaban J connectivity index is 1.28. The summed E-state index contributed by atoms with van der Waals surface area (Å²) in [7, 11) is 0. The molecule has 0 amide bonds. The fourth-order valence-electron chi connectivity index (χ4n) is 10.4. The Morgan fingerprint density at radius 3 is 2.07 bits per heavy atom. The van der Waals surface area contributed by atoms with E-state index in [2.05, 4.69) is 189 Å². The van der Waals surface area contributed by atoms with Crippen molar-refractivity contribution >= 4 is 78.9 Å². The van der Waals surface area contributed by atoms with Gasteiger partial charge >= 0.3 is 6.85 Å².